The summed E-state index contributed by atoms with van der Waals surface area (Å²) < 4.78 is 0. The molecule has 0 atom stereocenters. The van der Waals surface area contributed by atoms with Crippen LogP contribution in [0.2, 0.25) is 0 Å². The van der Waals surface area contributed by atoms with Gasteiger partial charge in [-0.15, -0.1) is 0 Å². The van der Waals surface area contributed by atoms with E-state index in [2.05, 4.69) is 10.2 Å². The zero-order valence-electron chi connectivity index (χ0n) is 15.2. The number of hydrogen-bond donors (Lipinski definition) is 1. The molecule has 2 fully saturated rings. The van der Waals surface area contributed by atoms with E-state index >= 15 is 0 Å². The van der Waals surface area contributed by atoms with Gasteiger partial charge in [-0.3, -0.25) is 4.79 Å². The van der Waals surface area contributed by atoms with Crippen molar-refractivity contribution in [3.05, 3.63) is 0 Å². The van der Waals surface area contributed by atoms with Crippen LogP contribution < -0.4 is 5.32 Å². The smallest absolute Gasteiger partial charge is 0.223 e. The van der Waals surface area contributed by atoms with Gasteiger partial charge in [-0.25, -0.2) is 0 Å². The Kier molecular flexibility index (Phi) is 6.63. The Labute approximate surface area is 141 Å². The monoisotopic (exact) mass is 322 g/mol. The van der Waals surface area contributed by atoms with E-state index < -0.39 is 0 Å². The van der Waals surface area contributed by atoms with Gasteiger partial charge in [-0.05, 0) is 90.8 Å². The molecule has 4 heteroatoms. The lowest BCUT2D eigenvalue weighted by Gasteiger charge is -2.45. The lowest BCUT2D eigenvalue weighted by Crippen LogP contribution is -2.44. The van der Waals surface area contributed by atoms with Gasteiger partial charge in [0, 0.05) is 18.4 Å². The van der Waals surface area contributed by atoms with Gasteiger partial charge in [-0.2, -0.15) is 0 Å². The Morgan fingerprint density at radius 1 is 1.13 bits per heavy atom. The molecule has 0 aromatic carbocycles. The second-order valence-corrected chi connectivity index (χ2v) is 8.08. The van der Waals surface area contributed by atoms with Crippen LogP contribution in [0, 0.1) is 11.3 Å². The predicted molar refractivity (Wildman–Crippen MR) is 93.3 cm³/mol. The van der Waals surface area contributed by atoms with E-state index in [1.165, 1.54) is 38.8 Å². The van der Waals surface area contributed by atoms with E-state index in [9.17, 15) is 9.59 Å². The molecule has 1 spiro atoms. The van der Waals surface area contributed by atoms with Crippen LogP contribution in [-0.4, -0.2) is 42.3 Å². The summed E-state index contributed by atoms with van der Waals surface area (Å²) in [5.74, 6) is 0.796. The molecule has 4 nitrogen and oxygen atoms in total. The van der Waals surface area contributed by atoms with Crippen LogP contribution in [0.5, 0.6) is 0 Å². The van der Waals surface area contributed by atoms with Crippen molar-refractivity contribution in [1.29, 1.82) is 0 Å². The van der Waals surface area contributed by atoms with Crippen LogP contribution >= 0.6 is 0 Å². The highest BCUT2D eigenvalue weighted by Crippen LogP contribution is 2.46. The largest absolute Gasteiger partial charge is 0.354 e. The van der Waals surface area contributed by atoms with Crippen LogP contribution in [0.25, 0.3) is 0 Å². The number of amides is 1. The van der Waals surface area contributed by atoms with Crippen LogP contribution in [0.15, 0.2) is 0 Å². The average Bonchev–Trinajstić information content (AvgIpc) is 2.49. The van der Waals surface area contributed by atoms with Crippen LogP contribution in [0.3, 0.4) is 0 Å². The maximum Gasteiger partial charge on any atom is 0.223 e. The van der Waals surface area contributed by atoms with Gasteiger partial charge in [0.25, 0.3) is 0 Å². The standard InChI is InChI=1S/C19H34N2O2/c1-15(2)20-18(23)17-6-8-19(9-7-17)10-13-21(14-11-19)12-4-5-16(3)22/h15,17H,4-14H2,1-3H3,(H,20,23). The van der Waals surface area contributed by atoms with Crippen molar-refractivity contribution in [2.75, 3.05) is 19.6 Å². The number of ketones is 1. The highest BCUT2D eigenvalue weighted by Gasteiger charge is 2.39. The summed E-state index contributed by atoms with van der Waals surface area (Å²) in [6.45, 7) is 9.14. The highest BCUT2D eigenvalue weighted by atomic mass is 16.2. The number of carbonyl (C=O) groups is 2. The molecule has 1 N–H and O–H groups in total. The molecule has 1 aliphatic carbocycles. The summed E-state index contributed by atoms with van der Waals surface area (Å²) in [6.07, 6.45) is 8.80. The van der Waals surface area contributed by atoms with Crippen LogP contribution in [-0.2, 0) is 9.59 Å². The molecule has 23 heavy (non-hydrogen) atoms. The number of nitrogens with zero attached hydrogens (tertiary/aromatic N) is 1. The summed E-state index contributed by atoms with van der Waals surface area (Å²) in [5, 5.41) is 3.07. The van der Waals surface area contributed by atoms with Gasteiger partial charge in [0.2, 0.25) is 5.91 Å². The van der Waals surface area contributed by atoms with Crippen molar-refractivity contribution >= 4 is 11.7 Å². The molecule has 1 saturated carbocycles. The summed E-state index contributed by atoms with van der Waals surface area (Å²) in [5.41, 5.74) is 0.492. The molecule has 1 saturated heterocycles. The molecule has 1 heterocycles. The zero-order valence-corrected chi connectivity index (χ0v) is 15.2. The normalized spacial score (nSPS) is 22.4. The van der Waals surface area contributed by atoms with Gasteiger partial charge in [0.15, 0.2) is 0 Å². The SMILES string of the molecule is CC(=O)CCCN1CCC2(CCC(C(=O)NC(C)C)CC2)CC1. The molecule has 0 radical (unpaired) electrons. The topological polar surface area (TPSA) is 49.4 Å². The third kappa shape index (κ3) is 5.59. The molecule has 1 aliphatic heterocycles. The van der Waals surface area contributed by atoms with Crippen molar-refractivity contribution in [2.24, 2.45) is 11.3 Å². The zero-order chi connectivity index (χ0) is 16.9. The van der Waals surface area contributed by atoms with Crippen molar-refractivity contribution < 1.29 is 9.59 Å². The fraction of sp³-hybridized carbons (Fsp3) is 0.895. The number of piperidine rings is 1. The van der Waals surface area contributed by atoms with Crippen molar-refractivity contribution in [1.82, 2.24) is 10.2 Å². The molecule has 132 valence electrons. The van der Waals surface area contributed by atoms with E-state index in [4.69, 9.17) is 0 Å². The minimum absolute atomic E-state index is 0.233. The predicted octanol–water partition coefficient (Wildman–Crippen LogP) is 3.15. The average molecular weight is 322 g/mol. The summed E-state index contributed by atoms with van der Waals surface area (Å²) >= 11 is 0. The quantitative estimate of drug-likeness (QED) is 0.817. The van der Waals surface area contributed by atoms with E-state index in [1.807, 2.05) is 13.8 Å². The molecule has 0 bridgehead atoms. The van der Waals surface area contributed by atoms with Gasteiger partial charge < -0.3 is 15.0 Å². The minimum atomic E-state index is 0.233. The lowest BCUT2D eigenvalue weighted by atomic mass is 9.65. The number of carbonyl (C=O) groups excluding carboxylic acids is 2. The van der Waals surface area contributed by atoms with E-state index in [0.29, 0.717) is 17.6 Å². The Hall–Kier alpha value is -0.900. The Balaban J connectivity index is 1.71. The third-order valence-electron chi connectivity index (χ3n) is 5.77. The van der Waals surface area contributed by atoms with Crippen molar-refractivity contribution in [2.45, 2.75) is 78.2 Å². The fourth-order valence-electron chi connectivity index (χ4n) is 4.20. The lowest BCUT2D eigenvalue weighted by molar-refractivity contribution is -0.127. The third-order valence-corrected chi connectivity index (χ3v) is 5.77. The molecule has 2 aliphatic rings. The maximum atomic E-state index is 12.2. The second kappa shape index (κ2) is 8.27. The fourth-order valence-corrected chi connectivity index (χ4v) is 4.20. The maximum absolute atomic E-state index is 12.2. The molecule has 2 rings (SSSR count). The molecular formula is C19H34N2O2. The first-order valence-electron chi connectivity index (χ1n) is 9.42. The Morgan fingerprint density at radius 3 is 2.26 bits per heavy atom. The molecule has 0 aromatic heterocycles. The van der Waals surface area contributed by atoms with Crippen molar-refractivity contribution in [3.8, 4) is 0 Å². The molecule has 1 amide bonds. The van der Waals surface area contributed by atoms with Gasteiger partial charge in [0.1, 0.15) is 5.78 Å². The Bertz CT molecular complexity index is 402. The van der Waals surface area contributed by atoms with E-state index in [-0.39, 0.29) is 17.9 Å². The minimum Gasteiger partial charge on any atom is -0.354 e. The number of nitrogens with one attached hydrogen (secondary N) is 1. The first-order chi connectivity index (χ1) is 10.9. The van der Waals surface area contributed by atoms with Crippen molar-refractivity contribution in [3.63, 3.8) is 0 Å². The number of Topliss-reactive ketones (excluding diaryl/α,β-unsaturated/α-hetero) is 1. The van der Waals surface area contributed by atoms with E-state index in [1.54, 1.807) is 6.92 Å². The Morgan fingerprint density at radius 2 is 1.74 bits per heavy atom. The van der Waals surface area contributed by atoms with Crippen LogP contribution in [0.4, 0.5) is 0 Å². The highest BCUT2D eigenvalue weighted by molar-refractivity contribution is 5.79. The summed E-state index contributed by atoms with van der Waals surface area (Å²) in [6, 6.07) is 0.247. The second-order valence-electron chi connectivity index (χ2n) is 8.08. The molecular weight excluding hydrogens is 288 g/mol. The number of likely N-dealkylation sites (tertiary alicyclic amines) is 1. The van der Waals surface area contributed by atoms with Crippen LogP contribution in [0.1, 0.15) is 72.1 Å². The number of hydrogen-bond acceptors (Lipinski definition) is 3. The van der Waals surface area contributed by atoms with Gasteiger partial charge in [0.05, 0.1) is 0 Å². The molecule has 0 aromatic rings. The number of rotatable bonds is 6. The van der Waals surface area contributed by atoms with Gasteiger partial charge in [-0.1, -0.05) is 0 Å². The summed E-state index contributed by atoms with van der Waals surface area (Å²) in [7, 11) is 0. The van der Waals surface area contributed by atoms with Gasteiger partial charge >= 0.3 is 0 Å². The first kappa shape index (κ1) is 18.4. The first-order valence-corrected chi connectivity index (χ1v) is 9.42. The van der Waals surface area contributed by atoms with E-state index in [0.717, 1.165) is 25.8 Å². The molecule has 0 unspecified atom stereocenters. The summed E-state index contributed by atoms with van der Waals surface area (Å²) in [4.78, 5) is 25.7.